The molecule has 25 heavy (non-hydrogen) atoms. The van der Waals surface area contributed by atoms with Crippen LogP contribution in [0, 0.1) is 12.7 Å². The Hall–Kier alpha value is -3.02. The van der Waals surface area contributed by atoms with E-state index < -0.39 is 0 Å². The van der Waals surface area contributed by atoms with E-state index in [1.807, 2.05) is 13.0 Å². The number of carbonyl (C=O) groups excluding carboxylic acids is 1. The number of pyridine rings is 1. The van der Waals surface area contributed by atoms with Gasteiger partial charge in [0, 0.05) is 36.1 Å². The first-order chi connectivity index (χ1) is 12.1. The smallest absolute Gasteiger partial charge is 0.271 e. The number of H-pyrrole nitrogens is 1. The molecule has 2 aromatic heterocycles. The van der Waals surface area contributed by atoms with E-state index in [-0.39, 0.29) is 17.6 Å². The molecule has 2 N–H and O–H groups in total. The number of imidazole rings is 1. The maximum atomic E-state index is 13.2. The zero-order chi connectivity index (χ0) is 17.4. The Morgan fingerprint density at radius 1 is 1.20 bits per heavy atom. The van der Waals surface area contributed by atoms with Gasteiger partial charge in [0.2, 0.25) is 0 Å². The van der Waals surface area contributed by atoms with E-state index in [2.05, 4.69) is 20.3 Å². The highest BCUT2D eigenvalue weighted by atomic mass is 19.1. The molecule has 126 valence electrons. The Balaban J connectivity index is 1.71. The molecule has 3 heterocycles. The Morgan fingerprint density at radius 2 is 2.00 bits per heavy atom. The van der Waals surface area contributed by atoms with Crippen LogP contribution < -0.4 is 5.32 Å². The summed E-state index contributed by atoms with van der Waals surface area (Å²) in [4.78, 5) is 24.3. The molecule has 0 radical (unpaired) electrons. The molecule has 0 fully saturated rings. The van der Waals surface area contributed by atoms with Gasteiger partial charge in [-0.2, -0.15) is 0 Å². The molecule has 4 rings (SSSR count). The molecule has 1 aromatic carbocycles. The molecule has 5 nitrogen and oxygen atoms in total. The Bertz CT molecular complexity index is 933. The summed E-state index contributed by atoms with van der Waals surface area (Å²) >= 11 is 0. The van der Waals surface area contributed by atoms with Crippen LogP contribution >= 0.6 is 0 Å². The van der Waals surface area contributed by atoms with Gasteiger partial charge in [0.1, 0.15) is 17.3 Å². The normalized spacial score (nSPS) is 16.9. The van der Waals surface area contributed by atoms with E-state index >= 15 is 0 Å². The summed E-state index contributed by atoms with van der Waals surface area (Å²) in [5.41, 5.74) is 4.13. The number of carbonyl (C=O) groups is 1. The van der Waals surface area contributed by atoms with E-state index in [4.69, 9.17) is 0 Å². The van der Waals surface area contributed by atoms with Crippen LogP contribution in [-0.4, -0.2) is 27.4 Å². The van der Waals surface area contributed by atoms with Crippen LogP contribution in [0.3, 0.4) is 0 Å². The minimum Gasteiger partial charge on any atom is -0.350 e. The number of hydrogen-bond donors (Lipinski definition) is 2. The summed E-state index contributed by atoms with van der Waals surface area (Å²) in [5.74, 6) is 0.283. The first kappa shape index (κ1) is 15.5. The SMILES string of the molecule is Cc1cnccc1-c1nc2c([nH]1)C[C@H](c1ccc(F)cc1)CNC2=O. The number of fused-ring (bicyclic) bond motifs is 1. The molecule has 0 aliphatic carbocycles. The number of nitrogens with one attached hydrogen (secondary N) is 2. The lowest BCUT2D eigenvalue weighted by atomic mass is 9.94. The van der Waals surface area contributed by atoms with Crippen molar-refractivity contribution in [2.75, 3.05) is 6.54 Å². The van der Waals surface area contributed by atoms with Gasteiger partial charge in [-0.3, -0.25) is 9.78 Å². The van der Waals surface area contributed by atoms with Crippen LogP contribution in [0.1, 0.15) is 33.2 Å². The lowest BCUT2D eigenvalue weighted by Gasteiger charge is -2.14. The van der Waals surface area contributed by atoms with Crippen molar-refractivity contribution >= 4 is 5.91 Å². The van der Waals surface area contributed by atoms with E-state index in [0.717, 1.165) is 22.4 Å². The van der Waals surface area contributed by atoms with Crippen LogP contribution in [0.5, 0.6) is 0 Å². The number of aromatic amines is 1. The standard InChI is InChI=1S/C19H17FN4O/c1-11-9-21-7-6-15(11)18-23-16-8-13(10-22-19(25)17(16)24-18)12-2-4-14(20)5-3-12/h2-7,9,13H,8,10H2,1H3,(H,22,25)(H,23,24)/t13-/m0/s1. The van der Waals surface area contributed by atoms with E-state index in [1.165, 1.54) is 12.1 Å². The van der Waals surface area contributed by atoms with Gasteiger partial charge >= 0.3 is 0 Å². The highest BCUT2D eigenvalue weighted by Crippen LogP contribution is 2.27. The lowest BCUT2D eigenvalue weighted by molar-refractivity contribution is 0.0950. The number of hydrogen-bond acceptors (Lipinski definition) is 3. The summed E-state index contributed by atoms with van der Waals surface area (Å²) < 4.78 is 13.2. The van der Waals surface area contributed by atoms with Crippen molar-refractivity contribution in [1.82, 2.24) is 20.3 Å². The fourth-order valence-electron chi connectivity index (χ4n) is 3.20. The Morgan fingerprint density at radius 3 is 2.76 bits per heavy atom. The third-order valence-electron chi connectivity index (χ3n) is 4.57. The van der Waals surface area contributed by atoms with Gasteiger partial charge in [0.05, 0.1) is 0 Å². The van der Waals surface area contributed by atoms with Gasteiger partial charge in [-0.1, -0.05) is 12.1 Å². The van der Waals surface area contributed by atoms with Gasteiger partial charge in [-0.05, 0) is 42.7 Å². The molecule has 6 heteroatoms. The van der Waals surface area contributed by atoms with E-state index in [0.29, 0.717) is 24.5 Å². The predicted octanol–water partition coefficient (Wildman–Crippen LogP) is 2.99. The van der Waals surface area contributed by atoms with E-state index in [9.17, 15) is 9.18 Å². The largest absolute Gasteiger partial charge is 0.350 e. The molecule has 1 aliphatic heterocycles. The van der Waals surface area contributed by atoms with Gasteiger partial charge in [-0.15, -0.1) is 0 Å². The van der Waals surface area contributed by atoms with Crippen molar-refractivity contribution in [2.24, 2.45) is 0 Å². The summed E-state index contributed by atoms with van der Waals surface area (Å²) in [5, 5.41) is 2.92. The molecule has 0 unspecified atom stereocenters. The molecule has 1 aliphatic rings. The lowest BCUT2D eigenvalue weighted by Crippen LogP contribution is -2.26. The maximum absolute atomic E-state index is 13.2. The van der Waals surface area contributed by atoms with Crippen molar-refractivity contribution < 1.29 is 9.18 Å². The molecule has 1 amide bonds. The summed E-state index contributed by atoms with van der Waals surface area (Å²) in [6.45, 7) is 2.45. The number of aryl methyl sites for hydroxylation is 1. The van der Waals surface area contributed by atoms with Crippen LogP contribution in [0.4, 0.5) is 4.39 Å². The Kier molecular flexibility index (Phi) is 3.80. The number of halogens is 1. The van der Waals surface area contributed by atoms with Crippen molar-refractivity contribution in [2.45, 2.75) is 19.3 Å². The highest BCUT2D eigenvalue weighted by molar-refractivity contribution is 5.94. The predicted molar refractivity (Wildman–Crippen MR) is 91.7 cm³/mol. The number of nitrogens with zero attached hydrogens (tertiary/aromatic N) is 2. The number of aromatic nitrogens is 3. The summed E-state index contributed by atoms with van der Waals surface area (Å²) in [6, 6.07) is 8.30. The zero-order valence-electron chi connectivity index (χ0n) is 13.7. The minimum absolute atomic E-state index is 0.0673. The molecular weight excluding hydrogens is 319 g/mol. The monoisotopic (exact) mass is 336 g/mol. The first-order valence-corrected chi connectivity index (χ1v) is 8.15. The fourth-order valence-corrected chi connectivity index (χ4v) is 3.20. The van der Waals surface area contributed by atoms with Crippen LogP contribution in [0.15, 0.2) is 42.7 Å². The first-order valence-electron chi connectivity index (χ1n) is 8.15. The molecule has 0 saturated heterocycles. The molecule has 3 aromatic rings. The van der Waals surface area contributed by atoms with Gasteiger partial charge in [0.25, 0.3) is 5.91 Å². The topological polar surface area (TPSA) is 70.7 Å². The van der Waals surface area contributed by atoms with Gasteiger partial charge in [-0.25, -0.2) is 9.37 Å². The molecular formula is C19H17FN4O. The average molecular weight is 336 g/mol. The summed E-state index contributed by atoms with van der Waals surface area (Å²) in [6.07, 6.45) is 4.11. The number of amides is 1. The van der Waals surface area contributed by atoms with Crippen molar-refractivity contribution in [1.29, 1.82) is 0 Å². The van der Waals surface area contributed by atoms with Crippen LogP contribution in [-0.2, 0) is 6.42 Å². The van der Waals surface area contributed by atoms with Crippen molar-refractivity contribution in [3.05, 3.63) is 71.1 Å². The highest BCUT2D eigenvalue weighted by Gasteiger charge is 2.26. The van der Waals surface area contributed by atoms with Gasteiger partial charge in [0.15, 0.2) is 0 Å². The second-order valence-corrected chi connectivity index (χ2v) is 6.27. The number of benzene rings is 1. The minimum atomic E-state index is -0.265. The average Bonchev–Trinajstić information content (AvgIpc) is 2.97. The third-order valence-corrected chi connectivity index (χ3v) is 4.57. The summed E-state index contributed by atoms with van der Waals surface area (Å²) in [7, 11) is 0. The van der Waals surface area contributed by atoms with Crippen molar-refractivity contribution in [3.8, 4) is 11.4 Å². The second kappa shape index (κ2) is 6.12. The molecule has 0 spiro atoms. The second-order valence-electron chi connectivity index (χ2n) is 6.27. The van der Waals surface area contributed by atoms with Crippen LogP contribution in [0.2, 0.25) is 0 Å². The fraction of sp³-hybridized carbons (Fsp3) is 0.211. The quantitative estimate of drug-likeness (QED) is 0.756. The molecule has 0 bridgehead atoms. The molecule has 1 atom stereocenters. The number of rotatable bonds is 2. The zero-order valence-corrected chi connectivity index (χ0v) is 13.7. The third kappa shape index (κ3) is 2.91. The Labute approximate surface area is 144 Å². The molecule has 0 saturated carbocycles. The van der Waals surface area contributed by atoms with Gasteiger partial charge < -0.3 is 10.3 Å². The maximum Gasteiger partial charge on any atom is 0.271 e. The van der Waals surface area contributed by atoms with Crippen LogP contribution in [0.25, 0.3) is 11.4 Å². The van der Waals surface area contributed by atoms with E-state index in [1.54, 1.807) is 24.5 Å². The van der Waals surface area contributed by atoms with Crippen molar-refractivity contribution in [3.63, 3.8) is 0 Å².